The number of carbonyl (C=O) groups is 1. The molecule has 1 aliphatic heterocycles. The summed E-state index contributed by atoms with van der Waals surface area (Å²) in [5.41, 5.74) is 1.50. The van der Waals surface area contributed by atoms with Crippen LogP contribution in [0, 0.1) is 11.8 Å². The summed E-state index contributed by atoms with van der Waals surface area (Å²) >= 11 is 0. The normalized spacial score (nSPS) is 29.5. The van der Waals surface area contributed by atoms with Crippen LogP contribution in [-0.4, -0.2) is 24.3 Å². The predicted molar refractivity (Wildman–Crippen MR) is 72.0 cm³/mol. The van der Waals surface area contributed by atoms with Gasteiger partial charge in [-0.3, -0.25) is 4.79 Å². The maximum Gasteiger partial charge on any atom is 0.306 e. The Morgan fingerprint density at radius 2 is 1.74 bits per heavy atom. The van der Waals surface area contributed by atoms with Crippen molar-refractivity contribution in [1.29, 1.82) is 0 Å². The van der Waals surface area contributed by atoms with E-state index in [9.17, 15) is 4.79 Å². The van der Waals surface area contributed by atoms with Crippen molar-refractivity contribution in [3.63, 3.8) is 0 Å². The zero-order chi connectivity index (χ0) is 13.3. The minimum absolute atomic E-state index is 0.134. The molecule has 1 aromatic rings. The maximum absolute atomic E-state index is 11.0. The van der Waals surface area contributed by atoms with Crippen molar-refractivity contribution in [2.45, 2.75) is 31.1 Å². The van der Waals surface area contributed by atoms with Gasteiger partial charge in [-0.05, 0) is 37.2 Å². The number of aliphatic carboxylic acids is 1. The minimum Gasteiger partial charge on any atom is -0.481 e. The molecule has 3 nitrogen and oxygen atoms in total. The molecule has 2 aliphatic rings. The van der Waals surface area contributed by atoms with Crippen LogP contribution in [0.5, 0.6) is 0 Å². The first kappa shape index (κ1) is 12.7. The van der Waals surface area contributed by atoms with Crippen LogP contribution in [0.25, 0.3) is 0 Å². The zero-order valence-corrected chi connectivity index (χ0v) is 11.0. The molecule has 0 radical (unpaired) electrons. The first-order valence-corrected chi connectivity index (χ1v) is 7.08. The monoisotopic (exact) mass is 260 g/mol. The summed E-state index contributed by atoms with van der Waals surface area (Å²) in [6, 6.07) is 10.6. The van der Waals surface area contributed by atoms with Crippen LogP contribution in [0.2, 0.25) is 0 Å². The lowest BCUT2D eigenvalue weighted by molar-refractivity contribution is -0.145. The molecule has 0 unspecified atom stereocenters. The molecule has 102 valence electrons. The van der Waals surface area contributed by atoms with E-state index in [4.69, 9.17) is 9.84 Å². The van der Waals surface area contributed by atoms with Gasteiger partial charge in [-0.1, -0.05) is 30.3 Å². The molecule has 1 saturated carbocycles. The molecule has 0 spiro atoms. The first-order chi connectivity index (χ1) is 9.22. The summed E-state index contributed by atoms with van der Waals surface area (Å²) < 4.78 is 5.50. The lowest BCUT2D eigenvalue weighted by Gasteiger charge is -2.49. The van der Waals surface area contributed by atoms with E-state index in [1.807, 2.05) is 6.07 Å². The van der Waals surface area contributed by atoms with E-state index in [1.165, 1.54) is 5.56 Å². The molecule has 0 atom stereocenters. The third kappa shape index (κ3) is 2.16. The lowest BCUT2D eigenvalue weighted by Crippen LogP contribution is -2.53. The highest BCUT2D eigenvalue weighted by Crippen LogP contribution is 2.46. The molecule has 3 heteroatoms. The molecule has 1 aliphatic carbocycles. The number of benzene rings is 1. The number of carboxylic acid groups (broad SMARTS) is 1. The molecule has 0 aromatic heterocycles. The number of ether oxygens (including phenoxy) is 1. The van der Waals surface area contributed by atoms with Crippen molar-refractivity contribution >= 4 is 5.97 Å². The van der Waals surface area contributed by atoms with E-state index in [0.717, 1.165) is 38.9 Å². The third-order valence-electron chi connectivity index (χ3n) is 4.93. The van der Waals surface area contributed by atoms with E-state index >= 15 is 0 Å². The number of hydrogen-bond acceptors (Lipinski definition) is 2. The van der Waals surface area contributed by atoms with Crippen molar-refractivity contribution in [2.24, 2.45) is 11.8 Å². The minimum atomic E-state index is -0.628. The summed E-state index contributed by atoms with van der Waals surface area (Å²) in [6.45, 7) is 1.58. The van der Waals surface area contributed by atoms with Gasteiger partial charge < -0.3 is 9.84 Å². The fourth-order valence-electron chi connectivity index (χ4n) is 3.62. The Morgan fingerprint density at radius 3 is 2.21 bits per heavy atom. The third-order valence-corrected chi connectivity index (χ3v) is 4.93. The molecule has 0 bridgehead atoms. The summed E-state index contributed by atoms with van der Waals surface area (Å²) in [6.07, 6.45) is 3.65. The van der Waals surface area contributed by atoms with Crippen molar-refractivity contribution < 1.29 is 14.6 Å². The highest BCUT2D eigenvalue weighted by molar-refractivity contribution is 5.70. The van der Waals surface area contributed by atoms with E-state index < -0.39 is 5.97 Å². The van der Waals surface area contributed by atoms with Crippen molar-refractivity contribution in [3.05, 3.63) is 35.9 Å². The van der Waals surface area contributed by atoms with Gasteiger partial charge in [0.1, 0.15) is 0 Å². The Labute approximate surface area is 113 Å². The van der Waals surface area contributed by atoms with Gasteiger partial charge in [-0.25, -0.2) is 0 Å². The van der Waals surface area contributed by atoms with Gasteiger partial charge in [0.15, 0.2) is 0 Å². The highest BCUT2D eigenvalue weighted by Gasteiger charge is 2.48. The standard InChI is InChI=1S/C16H20O3/c17-15(18)12-6-8-14(9-7-12)16(10-19-11-16)13-4-2-1-3-5-13/h1-5,12,14H,6-11H2,(H,17,18). The van der Waals surface area contributed by atoms with Crippen molar-refractivity contribution in [1.82, 2.24) is 0 Å². The first-order valence-electron chi connectivity index (χ1n) is 7.08. The SMILES string of the molecule is O=C(O)C1CCC(C2(c3ccccc3)COC2)CC1. The molecular weight excluding hydrogens is 240 g/mol. The summed E-state index contributed by atoms with van der Waals surface area (Å²) in [5.74, 6) is -0.193. The highest BCUT2D eigenvalue weighted by atomic mass is 16.5. The molecule has 19 heavy (non-hydrogen) atoms. The van der Waals surface area contributed by atoms with Crippen LogP contribution in [0.4, 0.5) is 0 Å². The Bertz CT molecular complexity index is 442. The molecule has 1 N–H and O–H groups in total. The molecule has 2 fully saturated rings. The lowest BCUT2D eigenvalue weighted by atomic mass is 9.62. The quantitative estimate of drug-likeness (QED) is 0.909. The second-order valence-electron chi connectivity index (χ2n) is 5.90. The second-order valence-corrected chi connectivity index (χ2v) is 5.90. The van der Waals surface area contributed by atoms with Crippen LogP contribution in [0.3, 0.4) is 0 Å². The number of rotatable bonds is 3. The van der Waals surface area contributed by atoms with Crippen LogP contribution in [0.15, 0.2) is 30.3 Å². The molecule has 1 aromatic carbocycles. The average Bonchev–Trinajstić information content (AvgIpc) is 2.39. The van der Waals surface area contributed by atoms with Crippen LogP contribution >= 0.6 is 0 Å². The van der Waals surface area contributed by atoms with Gasteiger partial charge in [0.05, 0.1) is 19.1 Å². The molecule has 1 saturated heterocycles. The number of hydrogen-bond donors (Lipinski definition) is 1. The Kier molecular flexibility index (Phi) is 3.31. The largest absolute Gasteiger partial charge is 0.481 e. The summed E-state index contributed by atoms with van der Waals surface area (Å²) in [4.78, 5) is 11.0. The van der Waals surface area contributed by atoms with Crippen molar-refractivity contribution in [2.75, 3.05) is 13.2 Å². The molecule has 0 amide bonds. The maximum atomic E-state index is 11.0. The molecule has 1 heterocycles. The van der Waals surface area contributed by atoms with E-state index in [1.54, 1.807) is 0 Å². The second kappa shape index (κ2) is 4.97. The van der Waals surface area contributed by atoms with Crippen LogP contribution in [-0.2, 0) is 14.9 Å². The Hall–Kier alpha value is -1.35. The van der Waals surface area contributed by atoms with Crippen molar-refractivity contribution in [3.8, 4) is 0 Å². The van der Waals surface area contributed by atoms with Crippen LogP contribution < -0.4 is 0 Å². The molecule has 3 rings (SSSR count). The summed E-state index contributed by atoms with van der Waals surface area (Å²) in [5, 5.41) is 9.09. The Balaban J connectivity index is 1.76. The zero-order valence-electron chi connectivity index (χ0n) is 11.0. The average molecular weight is 260 g/mol. The van der Waals surface area contributed by atoms with E-state index in [0.29, 0.717) is 5.92 Å². The predicted octanol–water partition coefficient (Wildman–Crippen LogP) is 2.85. The smallest absolute Gasteiger partial charge is 0.306 e. The van der Waals surface area contributed by atoms with Crippen LogP contribution in [0.1, 0.15) is 31.2 Å². The van der Waals surface area contributed by atoms with Gasteiger partial charge >= 0.3 is 5.97 Å². The van der Waals surface area contributed by atoms with Gasteiger partial charge in [-0.2, -0.15) is 0 Å². The Morgan fingerprint density at radius 1 is 1.11 bits per heavy atom. The van der Waals surface area contributed by atoms with E-state index in [2.05, 4.69) is 24.3 Å². The van der Waals surface area contributed by atoms with Gasteiger partial charge in [0.25, 0.3) is 0 Å². The fraction of sp³-hybridized carbons (Fsp3) is 0.562. The van der Waals surface area contributed by atoms with Gasteiger partial charge in [0, 0.05) is 5.41 Å². The summed E-state index contributed by atoms with van der Waals surface area (Å²) in [7, 11) is 0. The fourth-order valence-corrected chi connectivity index (χ4v) is 3.62. The van der Waals surface area contributed by atoms with Gasteiger partial charge in [0.2, 0.25) is 0 Å². The van der Waals surface area contributed by atoms with Gasteiger partial charge in [-0.15, -0.1) is 0 Å². The van der Waals surface area contributed by atoms with E-state index in [-0.39, 0.29) is 11.3 Å². The number of carboxylic acids is 1. The topological polar surface area (TPSA) is 46.5 Å². The molecular formula is C16H20O3.